The minimum Gasteiger partial charge on any atom is -0.591 e. The van der Waals surface area contributed by atoms with Crippen molar-refractivity contribution in [1.29, 1.82) is 0 Å². The Labute approximate surface area is 182 Å². The Morgan fingerprint density at radius 2 is 1.93 bits per heavy atom. The molecule has 1 unspecified atom stereocenters. The molecule has 0 saturated heterocycles. The van der Waals surface area contributed by atoms with Gasteiger partial charge in [0, 0.05) is 27.3 Å². The van der Waals surface area contributed by atoms with Gasteiger partial charge in [0.15, 0.2) is 5.16 Å². The van der Waals surface area contributed by atoms with E-state index >= 15 is 0 Å². The molecule has 0 N–H and O–H groups in total. The number of hydrogen-bond acceptors (Lipinski definition) is 6. The molecular formula is C19H24IN3O2S2. The highest BCUT2D eigenvalue weighted by atomic mass is 127. The molecule has 0 bridgehead atoms. The molecule has 0 amide bonds. The largest absolute Gasteiger partial charge is 0.591 e. The highest BCUT2D eigenvalue weighted by molar-refractivity contribution is 14.1. The van der Waals surface area contributed by atoms with E-state index in [9.17, 15) is 4.55 Å². The summed E-state index contributed by atoms with van der Waals surface area (Å²) in [5, 5.41) is 0.676. The van der Waals surface area contributed by atoms with E-state index in [1.54, 1.807) is 7.11 Å². The number of aromatic nitrogens is 2. The summed E-state index contributed by atoms with van der Waals surface area (Å²) in [5.74, 6) is 0.551. The van der Waals surface area contributed by atoms with Crippen molar-refractivity contribution in [2.75, 3.05) is 13.4 Å². The molecule has 0 radical (unpaired) electrons. The lowest BCUT2D eigenvalue weighted by atomic mass is 10.0. The second kappa shape index (κ2) is 10.1. The molecule has 8 heteroatoms. The average molecular weight is 517 g/mol. The van der Waals surface area contributed by atoms with Crippen LogP contribution in [-0.4, -0.2) is 38.3 Å². The number of thioether (sulfide) groups is 1. The van der Waals surface area contributed by atoms with Crippen LogP contribution in [-0.2, 0) is 17.8 Å². The zero-order valence-corrected chi connectivity index (χ0v) is 19.9. The second-order valence-corrected chi connectivity index (χ2v) is 10.7. The third kappa shape index (κ3) is 6.92. The van der Waals surface area contributed by atoms with Gasteiger partial charge in [-0.05, 0) is 68.2 Å². The average Bonchev–Trinajstić information content (AvgIpc) is 2.64. The number of hydrogen-bond donors (Lipinski definition) is 0. The van der Waals surface area contributed by atoms with Gasteiger partial charge in [-0.3, -0.25) is 0 Å². The van der Waals surface area contributed by atoms with E-state index in [4.69, 9.17) is 4.74 Å². The summed E-state index contributed by atoms with van der Waals surface area (Å²) in [5.41, 5.74) is 2.69. The quantitative estimate of drug-likeness (QED) is 0.175. The van der Waals surface area contributed by atoms with Crippen molar-refractivity contribution in [2.45, 2.75) is 43.5 Å². The van der Waals surface area contributed by atoms with Gasteiger partial charge < -0.3 is 9.29 Å². The molecule has 1 atom stereocenters. The van der Waals surface area contributed by atoms with Gasteiger partial charge in [0.2, 0.25) is 5.88 Å². The summed E-state index contributed by atoms with van der Waals surface area (Å²) in [7, 11) is 1.60. The highest BCUT2D eigenvalue weighted by Gasteiger charge is 2.27. The van der Waals surface area contributed by atoms with Crippen LogP contribution in [0.5, 0.6) is 5.88 Å². The van der Waals surface area contributed by atoms with Crippen molar-refractivity contribution in [1.82, 2.24) is 9.97 Å². The van der Waals surface area contributed by atoms with E-state index in [0.717, 1.165) is 20.5 Å². The third-order valence-electron chi connectivity index (χ3n) is 3.64. The number of rotatable bonds is 7. The Bertz CT molecular complexity index is 770. The third-order valence-corrected chi connectivity index (χ3v) is 6.34. The summed E-state index contributed by atoms with van der Waals surface area (Å²) in [6.45, 7) is 5.79. The predicted octanol–water partition coefficient (Wildman–Crippen LogP) is 4.70. The Hall–Kier alpha value is -0.840. The predicted molar refractivity (Wildman–Crippen MR) is 122 cm³/mol. The molecule has 27 heavy (non-hydrogen) atoms. The van der Waals surface area contributed by atoms with Gasteiger partial charge >= 0.3 is 0 Å². The maximum absolute atomic E-state index is 12.6. The number of benzene rings is 1. The molecule has 1 aromatic heterocycles. The molecule has 0 spiro atoms. The second-order valence-electron chi connectivity index (χ2n) is 6.79. The van der Waals surface area contributed by atoms with Gasteiger partial charge in [0.1, 0.15) is 16.1 Å². The smallest absolute Gasteiger partial charge is 0.217 e. The summed E-state index contributed by atoms with van der Waals surface area (Å²) < 4.78 is 23.2. The van der Waals surface area contributed by atoms with Crippen LogP contribution >= 0.6 is 34.4 Å². The van der Waals surface area contributed by atoms with Gasteiger partial charge in [0.25, 0.3) is 0 Å². The minimum absolute atomic E-state index is 0.404. The molecule has 1 heterocycles. The van der Waals surface area contributed by atoms with Crippen LogP contribution in [0.3, 0.4) is 0 Å². The minimum atomic E-state index is -1.32. The van der Waals surface area contributed by atoms with E-state index in [1.807, 2.05) is 57.4 Å². The molecular weight excluding hydrogens is 493 g/mol. The van der Waals surface area contributed by atoms with Crippen molar-refractivity contribution in [3.05, 3.63) is 45.2 Å². The molecule has 2 aromatic rings. The highest BCUT2D eigenvalue weighted by Crippen LogP contribution is 2.21. The van der Waals surface area contributed by atoms with Crippen molar-refractivity contribution in [3.8, 4) is 5.88 Å². The summed E-state index contributed by atoms with van der Waals surface area (Å²) in [6, 6.07) is 9.95. The fourth-order valence-corrected chi connectivity index (χ4v) is 3.56. The van der Waals surface area contributed by atoms with E-state index in [-0.39, 0.29) is 0 Å². The van der Waals surface area contributed by atoms with Gasteiger partial charge in [-0.2, -0.15) is 4.98 Å². The lowest BCUT2D eigenvalue weighted by molar-refractivity contribution is 0.391. The normalized spacial score (nSPS) is 13.5. The Balaban J connectivity index is 2.29. The van der Waals surface area contributed by atoms with Gasteiger partial charge in [-0.15, -0.1) is 0 Å². The lowest BCUT2D eigenvalue weighted by Gasteiger charge is -2.19. The topological polar surface area (TPSA) is 70.4 Å². The Morgan fingerprint density at radius 3 is 2.48 bits per heavy atom. The first kappa shape index (κ1) is 22.4. The molecule has 0 aliphatic heterocycles. The fourth-order valence-electron chi connectivity index (χ4n) is 2.14. The van der Waals surface area contributed by atoms with Crippen LogP contribution in [0, 0.1) is 3.57 Å². The monoisotopic (exact) mass is 517 g/mol. The lowest BCUT2D eigenvalue weighted by Crippen LogP contribution is -2.27. The molecule has 0 aliphatic carbocycles. The zero-order chi connectivity index (χ0) is 20.0. The summed E-state index contributed by atoms with van der Waals surface area (Å²) >= 11 is 2.43. The first-order valence-corrected chi connectivity index (χ1v) is 11.9. The molecule has 0 aliphatic rings. The summed E-state index contributed by atoms with van der Waals surface area (Å²) in [4.78, 5) is 8.84. The molecule has 1 aromatic carbocycles. The fraction of sp³-hybridized carbons (Fsp3) is 0.421. The molecule has 146 valence electrons. The van der Waals surface area contributed by atoms with Gasteiger partial charge in [-0.25, -0.2) is 4.98 Å². The SMILES string of the molecule is COc1cc(CCC(=N[S+]([O-])C(C)(C)C)c2ccc(I)cc2)nc(SC)n1. The number of nitrogens with zero attached hydrogens (tertiary/aromatic N) is 3. The molecule has 2 rings (SSSR count). The Morgan fingerprint density at radius 1 is 1.26 bits per heavy atom. The van der Waals surface area contributed by atoms with Crippen LogP contribution in [0.1, 0.15) is 38.4 Å². The maximum atomic E-state index is 12.6. The van der Waals surface area contributed by atoms with Crippen LogP contribution in [0.4, 0.5) is 0 Å². The van der Waals surface area contributed by atoms with Crippen molar-refractivity contribution in [2.24, 2.45) is 4.40 Å². The van der Waals surface area contributed by atoms with Crippen molar-refractivity contribution >= 4 is 51.4 Å². The van der Waals surface area contributed by atoms with Crippen LogP contribution < -0.4 is 4.74 Å². The van der Waals surface area contributed by atoms with Crippen LogP contribution in [0.2, 0.25) is 0 Å². The van der Waals surface area contributed by atoms with Gasteiger partial charge in [-0.1, -0.05) is 28.3 Å². The van der Waals surface area contributed by atoms with Crippen LogP contribution in [0.25, 0.3) is 0 Å². The van der Waals surface area contributed by atoms with Crippen molar-refractivity contribution < 1.29 is 9.29 Å². The first-order valence-electron chi connectivity index (χ1n) is 8.44. The number of aryl methyl sites for hydroxylation is 1. The number of halogens is 1. The molecule has 0 fully saturated rings. The number of methoxy groups -OCH3 is 1. The zero-order valence-electron chi connectivity index (χ0n) is 16.2. The standard InChI is InChI=1S/C19H24IN3O2S2/c1-19(2,3)27(24)23-16(13-6-8-14(20)9-7-13)11-10-15-12-17(25-4)22-18(21-15)26-5/h6-9,12H,10-11H2,1-5H3. The van der Waals surface area contributed by atoms with Gasteiger partial charge in [0.05, 0.1) is 12.8 Å². The summed E-state index contributed by atoms with van der Waals surface area (Å²) in [6.07, 6.45) is 3.23. The van der Waals surface area contributed by atoms with E-state index < -0.39 is 16.1 Å². The van der Waals surface area contributed by atoms with E-state index in [2.05, 4.69) is 37.0 Å². The Kier molecular flexibility index (Phi) is 8.39. The van der Waals surface area contributed by atoms with Crippen molar-refractivity contribution in [3.63, 3.8) is 0 Å². The maximum Gasteiger partial charge on any atom is 0.217 e. The van der Waals surface area contributed by atoms with E-state index in [1.165, 1.54) is 11.8 Å². The molecule has 5 nitrogen and oxygen atoms in total. The number of ether oxygens (including phenoxy) is 1. The first-order chi connectivity index (χ1) is 12.7. The van der Waals surface area contributed by atoms with Crippen LogP contribution in [0.15, 0.2) is 39.9 Å². The molecule has 0 saturated carbocycles. The van der Waals surface area contributed by atoms with E-state index in [0.29, 0.717) is 23.9 Å².